The van der Waals surface area contributed by atoms with E-state index in [1.54, 1.807) is 12.1 Å². The SMILES string of the molecule is CN(c1ccc(O)cc1)C(CN)c1ccccc1. The van der Waals surface area contributed by atoms with E-state index >= 15 is 0 Å². The number of phenols is 1. The average molecular weight is 242 g/mol. The Morgan fingerprint density at radius 2 is 1.67 bits per heavy atom. The Bertz CT molecular complexity index is 482. The second kappa shape index (κ2) is 5.56. The van der Waals surface area contributed by atoms with Crippen LogP contribution in [0.5, 0.6) is 5.75 Å². The van der Waals surface area contributed by atoms with Gasteiger partial charge in [-0.05, 0) is 29.8 Å². The zero-order valence-electron chi connectivity index (χ0n) is 10.5. The smallest absolute Gasteiger partial charge is 0.115 e. The first-order chi connectivity index (χ1) is 8.72. The number of hydrogen-bond donors (Lipinski definition) is 2. The van der Waals surface area contributed by atoms with E-state index in [2.05, 4.69) is 17.0 Å². The van der Waals surface area contributed by atoms with Crippen molar-refractivity contribution in [2.24, 2.45) is 5.73 Å². The minimum atomic E-state index is 0.135. The maximum absolute atomic E-state index is 9.31. The van der Waals surface area contributed by atoms with Crippen molar-refractivity contribution in [2.45, 2.75) is 6.04 Å². The monoisotopic (exact) mass is 242 g/mol. The molecular weight excluding hydrogens is 224 g/mol. The van der Waals surface area contributed by atoms with Crippen molar-refractivity contribution >= 4 is 5.69 Å². The third kappa shape index (κ3) is 2.63. The number of aromatic hydroxyl groups is 1. The Hall–Kier alpha value is -2.00. The molecule has 2 aromatic rings. The van der Waals surface area contributed by atoms with Crippen LogP contribution in [0.3, 0.4) is 0 Å². The average Bonchev–Trinajstić information content (AvgIpc) is 2.41. The van der Waals surface area contributed by atoms with Crippen molar-refractivity contribution in [3.05, 3.63) is 60.2 Å². The molecule has 0 fully saturated rings. The minimum absolute atomic E-state index is 0.135. The minimum Gasteiger partial charge on any atom is -0.508 e. The molecule has 0 spiro atoms. The summed E-state index contributed by atoms with van der Waals surface area (Å²) < 4.78 is 0. The van der Waals surface area contributed by atoms with Gasteiger partial charge in [0.05, 0.1) is 6.04 Å². The Morgan fingerprint density at radius 3 is 2.22 bits per heavy atom. The number of nitrogens with two attached hydrogens (primary N) is 1. The summed E-state index contributed by atoms with van der Waals surface area (Å²) in [4.78, 5) is 2.12. The van der Waals surface area contributed by atoms with Crippen LogP contribution in [0.1, 0.15) is 11.6 Å². The molecule has 0 saturated carbocycles. The van der Waals surface area contributed by atoms with Gasteiger partial charge in [0, 0.05) is 19.3 Å². The first kappa shape index (κ1) is 12.5. The number of likely N-dealkylation sites (N-methyl/N-ethyl adjacent to an activating group) is 1. The van der Waals surface area contributed by atoms with Crippen molar-refractivity contribution in [2.75, 3.05) is 18.5 Å². The summed E-state index contributed by atoms with van der Waals surface area (Å²) in [6.07, 6.45) is 0. The van der Waals surface area contributed by atoms with Gasteiger partial charge >= 0.3 is 0 Å². The van der Waals surface area contributed by atoms with Crippen LogP contribution in [-0.2, 0) is 0 Å². The number of rotatable bonds is 4. The summed E-state index contributed by atoms with van der Waals surface area (Å²) in [6.45, 7) is 0.543. The van der Waals surface area contributed by atoms with Gasteiger partial charge in [-0.2, -0.15) is 0 Å². The van der Waals surface area contributed by atoms with Crippen LogP contribution < -0.4 is 10.6 Å². The number of benzene rings is 2. The molecule has 2 aromatic carbocycles. The van der Waals surface area contributed by atoms with E-state index in [0.717, 1.165) is 5.69 Å². The molecule has 0 aromatic heterocycles. The molecule has 0 bridgehead atoms. The Kier molecular flexibility index (Phi) is 3.85. The molecule has 0 radical (unpaired) electrons. The predicted molar refractivity (Wildman–Crippen MR) is 74.7 cm³/mol. The van der Waals surface area contributed by atoms with Gasteiger partial charge in [-0.15, -0.1) is 0 Å². The van der Waals surface area contributed by atoms with Gasteiger partial charge in [0.25, 0.3) is 0 Å². The number of anilines is 1. The Labute approximate surface area is 107 Å². The first-order valence-electron chi connectivity index (χ1n) is 5.99. The van der Waals surface area contributed by atoms with Gasteiger partial charge in [-0.3, -0.25) is 0 Å². The van der Waals surface area contributed by atoms with E-state index in [9.17, 15) is 5.11 Å². The Morgan fingerprint density at radius 1 is 1.06 bits per heavy atom. The molecule has 94 valence electrons. The van der Waals surface area contributed by atoms with Crippen molar-refractivity contribution in [3.8, 4) is 5.75 Å². The fraction of sp³-hybridized carbons (Fsp3) is 0.200. The highest BCUT2D eigenvalue weighted by Gasteiger charge is 2.15. The molecule has 0 saturated heterocycles. The van der Waals surface area contributed by atoms with Gasteiger partial charge in [0.15, 0.2) is 0 Å². The summed E-state index contributed by atoms with van der Waals surface area (Å²) in [5.74, 6) is 0.274. The second-order valence-corrected chi connectivity index (χ2v) is 4.29. The summed E-state index contributed by atoms with van der Waals surface area (Å²) >= 11 is 0. The van der Waals surface area contributed by atoms with Crippen LogP contribution in [-0.4, -0.2) is 18.7 Å². The predicted octanol–water partition coefficient (Wildman–Crippen LogP) is 2.53. The zero-order valence-corrected chi connectivity index (χ0v) is 10.5. The fourth-order valence-electron chi connectivity index (χ4n) is 2.06. The number of nitrogens with zero attached hydrogens (tertiary/aromatic N) is 1. The molecular formula is C15H18N2O. The van der Waals surface area contributed by atoms with E-state index < -0.39 is 0 Å². The Balaban J connectivity index is 2.25. The molecule has 3 nitrogen and oxygen atoms in total. The zero-order chi connectivity index (χ0) is 13.0. The molecule has 18 heavy (non-hydrogen) atoms. The lowest BCUT2D eigenvalue weighted by Gasteiger charge is -2.29. The molecule has 3 heteroatoms. The topological polar surface area (TPSA) is 49.5 Å². The molecule has 0 aliphatic heterocycles. The van der Waals surface area contributed by atoms with E-state index in [-0.39, 0.29) is 11.8 Å². The highest BCUT2D eigenvalue weighted by molar-refractivity contribution is 5.50. The first-order valence-corrected chi connectivity index (χ1v) is 5.99. The molecule has 0 aliphatic carbocycles. The van der Waals surface area contributed by atoms with E-state index in [1.165, 1.54) is 5.56 Å². The highest BCUT2D eigenvalue weighted by atomic mass is 16.3. The van der Waals surface area contributed by atoms with Gasteiger partial charge in [-0.25, -0.2) is 0 Å². The molecule has 0 heterocycles. The van der Waals surface area contributed by atoms with E-state index in [1.807, 2.05) is 37.4 Å². The summed E-state index contributed by atoms with van der Waals surface area (Å²) in [7, 11) is 2.01. The highest BCUT2D eigenvalue weighted by Crippen LogP contribution is 2.26. The second-order valence-electron chi connectivity index (χ2n) is 4.29. The molecule has 1 unspecified atom stereocenters. The third-order valence-electron chi connectivity index (χ3n) is 3.13. The van der Waals surface area contributed by atoms with Crippen LogP contribution in [0.15, 0.2) is 54.6 Å². The van der Waals surface area contributed by atoms with E-state index in [4.69, 9.17) is 5.73 Å². The normalized spacial score (nSPS) is 12.1. The van der Waals surface area contributed by atoms with E-state index in [0.29, 0.717) is 6.54 Å². The van der Waals surface area contributed by atoms with Crippen molar-refractivity contribution < 1.29 is 5.11 Å². The number of phenolic OH excluding ortho intramolecular Hbond substituents is 1. The molecule has 2 rings (SSSR count). The molecule has 1 atom stereocenters. The lowest BCUT2D eigenvalue weighted by atomic mass is 10.1. The van der Waals surface area contributed by atoms with Gasteiger partial charge < -0.3 is 15.7 Å². The maximum Gasteiger partial charge on any atom is 0.115 e. The molecule has 3 N–H and O–H groups in total. The van der Waals surface area contributed by atoms with Gasteiger partial charge in [-0.1, -0.05) is 30.3 Å². The van der Waals surface area contributed by atoms with Crippen LogP contribution in [0.2, 0.25) is 0 Å². The largest absolute Gasteiger partial charge is 0.508 e. The van der Waals surface area contributed by atoms with Gasteiger partial charge in [0.2, 0.25) is 0 Å². The lowest BCUT2D eigenvalue weighted by molar-refractivity contribution is 0.475. The van der Waals surface area contributed by atoms with Crippen LogP contribution in [0.25, 0.3) is 0 Å². The molecule has 0 amide bonds. The number of hydrogen-bond acceptors (Lipinski definition) is 3. The van der Waals surface area contributed by atoms with Gasteiger partial charge in [0.1, 0.15) is 5.75 Å². The quantitative estimate of drug-likeness (QED) is 0.866. The van der Waals surface area contributed by atoms with Crippen molar-refractivity contribution in [1.29, 1.82) is 0 Å². The van der Waals surface area contributed by atoms with Crippen LogP contribution in [0.4, 0.5) is 5.69 Å². The molecule has 0 aliphatic rings. The lowest BCUT2D eigenvalue weighted by Crippen LogP contribution is -2.30. The maximum atomic E-state index is 9.31. The summed E-state index contributed by atoms with van der Waals surface area (Å²) in [5.41, 5.74) is 8.11. The van der Waals surface area contributed by atoms with Crippen molar-refractivity contribution in [3.63, 3.8) is 0 Å². The van der Waals surface area contributed by atoms with Crippen LogP contribution in [0, 0.1) is 0 Å². The summed E-state index contributed by atoms with van der Waals surface area (Å²) in [6, 6.07) is 17.5. The standard InChI is InChI=1S/C15H18N2O/c1-17(13-7-9-14(18)10-8-13)15(11-16)12-5-3-2-4-6-12/h2-10,15,18H,11,16H2,1H3. The summed E-state index contributed by atoms with van der Waals surface area (Å²) in [5, 5.41) is 9.31. The van der Waals surface area contributed by atoms with Crippen molar-refractivity contribution in [1.82, 2.24) is 0 Å². The fourth-order valence-corrected chi connectivity index (χ4v) is 2.06. The van der Waals surface area contributed by atoms with Crippen LogP contribution >= 0.6 is 0 Å². The third-order valence-corrected chi connectivity index (χ3v) is 3.13.